The highest BCUT2D eigenvalue weighted by atomic mass is 32.1. The monoisotopic (exact) mass is 409 g/mol. The minimum Gasteiger partial charge on any atom is -0.326 e. The van der Waals surface area contributed by atoms with Crippen LogP contribution in [0.25, 0.3) is 11.3 Å². The molecule has 1 aromatic carbocycles. The van der Waals surface area contributed by atoms with Crippen molar-refractivity contribution < 1.29 is 9.59 Å². The van der Waals surface area contributed by atoms with Crippen molar-refractivity contribution in [1.29, 1.82) is 0 Å². The van der Waals surface area contributed by atoms with Crippen LogP contribution in [0, 0.1) is 0 Å². The summed E-state index contributed by atoms with van der Waals surface area (Å²) in [4.78, 5) is 28.9. The first-order chi connectivity index (χ1) is 13.7. The topological polar surface area (TPSA) is 88.9 Å². The second kappa shape index (κ2) is 7.11. The van der Waals surface area contributed by atoms with Gasteiger partial charge in [0.1, 0.15) is 0 Å². The van der Waals surface area contributed by atoms with Crippen molar-refractivity contribution in [3.05, 3.63) is 46.6 Å². The number of amides is 2. The molecule has 0 aliphatic carbocycles. The van der Waals surface area contributed by atoms with E-state index in [4.69, 9.17) is 0 Å². The molecule has 0 fully saturated rings. The van der Waals surface area contributed by atoms with E-state index in [0.29, 0.717) is 17.1 Å². The van der Waals surface area contributed by atoms with Crippen LogP contribution in [0.4, 0.5) is 10.8 Å². The van der Waals surface area contributed by atoms with Crippen molar-refractivity contribution in [2.24, 2.45) is 7.05 Å². The number of benzene rings is 1. The Morgan fingerprint density at radius 3 is 2.83 bits per heavy atom. The highest BCUT2D eigenvalue weighted by Crippen LogP contribution is 2.31. The highest BCUT2D eigenvalue weighted by molar-refractivity contribution is 7.14. The summed E-state index contributed by atoms with van der Waals surface area (Å²) in [6.45, 7) is 6.10. The number of aryl methyl sites for hydroxylation is 2. The molecule has 7 nitrogen and oxygen atoms in total. The van der Waals surface area contributed by atoms with Crippen LogP contribution in [0.5, 0.6) is 0 Å². The Bertz CT molecular complexity index is 1110. The Morgan fingerprint density at radius 1 is 1.28 bits per heavy atom. The van der Waals surface area contributed by atoms with E-state index < -0.39 is 0 Å². The van der Waals surface area contributed by atoms with Crippen molar-refractivity contribution in [1.82, 2.24) is 14.8 Å². The van der Waals surface area contributed by atoms with Gasteiger partial charge >= 0.3 is 0 Å². The van der Waals surface area contributed by atoms with E-state index in [1.807, 2.05) is 51.4 Å². The summed E-state index contributed by atoms with van der Waals surface area (Å²) in [6, 6.07) is 5.89. The van der Waals surface area contributed by atoms with Crippen LogP contribution in [-0.4, -0.2) is 26.6 Å². The van der Waals surface area contributed by atoms with Gasteiger partial charge in [0.2, 0.25) is 5.91 Å². The summed E-state index contributed by atoms with van der Waals surface area (Å²) in [5.74, 6) is -0.161. The van der Waals surface area contributed by atoms with Gasteiger partial charge in [-0.05, 0) is 24.1 Å². The van der Waals surface area contributed by atoms with Crippen molar-refractivity contribution in [3.8, 4) is 11.3 Å². The number of rotatable bonds is 3. The molecule has 0 saturated heterocycles. The van der Waals surface area contributed by atoms with Gasteiger partial charge in [-0.2, -0.15) is 5.10 Å². The maximum atomic E-state index is 12.8. The molecule has 0 unspecified atom stereocenters. The first kappa shape index (κ1) is 19.3. The molecule has 3 aromatic rings. The van der Waals surface area contributed by atoms with Crippen LogP contribution >= 0.6 is 11.3 Å². The Kier molecular flexibility index (Phi) is 4.74. The fourth-order valence-electron chi connectivity index (χ4n) is 3.38. The number of hydrogen-bond acceptors (Lipinski definition) is 5. The number of carbonyl (C=O) groups excluding carboxylic acids is 2. The van der Waals surface area contributed by atoms with Crippen molar-refractivity contribution >= 4 is 34.0 Å². The summed E-state index contributed by atoms with van der Waals surface area (Å²) in [6.07, 6.45) is 2.96. The van der Waals surface area contributed by atoms with Crippen molar-refractivity contribution in [3.63, 3.8) is 0 Å². The van der Waals surface area contributed by atoms with Crippen molar-refractivity contribution in [2.75, 3.05) is 10.6 Å². The second-order valence-electron chi connectivity index (χ2n) is 8.23. The predicted octanol–water partition coefficient (Wildman–Crippen LogP) is 3.98. The molecule has 2 amide bonds. The fraction of sp³-hybridized carbons (Fsp3) is 0.333. The van der Waals surface area contributed by atoms with Crippen LogP contribution < -0.4 is 10.6 Å². The summed E-state index contributed by atoms with van der Waals surface area (Å²) >= 11 is 1.39. The molecule has 0 saturated carbocycles. The number of aromatic nitrogens is 3. The Labute approximate surface area is 173 Å². The number of nitrogens with one attached hydrogen (secondary N) is 2. The quantitative estimate of drug-likeness (QED) is 0.685. The highest BCUT2D eigenvalue weighted by Gasteiger charge is 2.26. The predicted molar refractivity (Wildman–Crippen MR) is 114 cm³/mol. The van der Waals surface area contributed by atoms with Gasteiger partial charge in [0.15, 0.2) is 5.13 Å². The zero-order valence-electron chi connectivity index (χ0n) is 16.9. The fourth-order valence-corrected chi connectivity index (χ4v) is 4.09. The second-order valence-corrected chi connectivity index (χ2v) is 9.09. The number of thiazole rings is 1. The van der Waals surface area contributed by atoms with Gasteiger partial charge in [0.25, 0.3) is 5.91 Å². The molecule has 0 atom stereocenters. The third-order valence-corrected chi connectivity index (χ3v) is 5.56. The van der Waals surface area contributed by atoms with Gasteiger partial charge in [0, 0.05) is 41.7 Å². The lowest BCUT2D eigenvalue weighted by Gasteiger charge is -2.17. The van der Waals surface area contributed by atoms with E-state index in [0.717, 1.165) is 34.6 Å². The number of hydrogen-bond donors (Lipinski definition) is 2. The maximum Gasteiger partial charge on any atom is 0.260 e. The first-order valence-electron chi connectivity index (χ1n) is 9.45. The van der Waals surface area contributed by atoms with E-state index in [2.05, 4.69) is 20.7 Å². The molecule has 3 heterocycles. The summed E-state index contributed by atoms with van der Waals surface area (Å²) in [7, 11) is 1.81. The Morgan fingerprint density at radius 2 is 2.07 bits per heavy atom. The lowest BCUT2D eigenvalue weighted by Crippen LogP contribution is -2.20. The molecule has 0 spiro atoms. The van der Waals surface area contributed by atoms with E-state index in [1.165, 1.54) is 11.3 Å². The number of nitrogens with zero attached hydrogens (tertiary/aromatic N) is 3. The molecular weight excluding hydrogens is 386 g/mol. The van der Waals surface area contributed by atoms with Crippen LogP contribution in [0.1, 0.15) is 48.8 Å². The Hall–Kier alpha value is -3.00. The third-order valence-electron chi connectivity index (χ3n) is 4.80. The molecule has 2 N–H and O–H groups in total. The molecule has 4 rings (SSSR count). The minimum absolute atomic E-state index is 0.0499. The summed E-state index contributed by atoms with van der Waals surface area (Å²) in [5.41, 5.74) is 4.80. The summed E-state index contributed by atoms with van der Waals surface area (Å²) in [5, 5.41) is 12.7. The molecule has 0 radical (unpaired) electrons. The number of fused-ring (bicyclic) bond motifs is 1. The van der Waals surface area contributed by atoms with Gasteiger partial charge in [-0.1, -0.05) is 26.8 Å². The molecule has 1 aliphatic rings. The minimum atomic E-state index is -0.236. The van der Waals surface area contributed by atoms with Gasteiger partial charge in [-0.25, -0.2) is 4.98 Å². The largest absolute Gasteiger partial charge is 0.326 e. The van der Waals surface area contributed by atoms with Gasteiger partial charge < -0.3 is 5.32 Å². The van der Waals surface area contributed by atoms with Crippen LogP contribution in [0.2, 0.25) is 0 Å². The Balaban J connectivity index is 1.55. The normalized spacial score (nSPS) is 13.7. The average molecular weight is 410 g/mol. The lowest BCUT2D eigenvalue weighted by molar-refractivity contribution is -0.116. The SMILES string of the molecule is Cn1cc(C(=O)Nc2nc(-c3ccc4c(c3)CCC(=O)N4)cs2)c(C(C)(C)C)n1. The van der Waals surface area contributed by atoms with Crippen LogP contribution in [-0.2, 0) is 23.7 Å². The lowest BCUT2D eigenvalue weighted by atomic mass is 9.89. The molecule has 150 valence electrons. The van der Waals surface area contributed by atoms with Gasteiger partial charge in [-0.15, -0.1) is 11.3 Å². The first-order valence-corrected chi connectivity index (χ1v) is 10.3. The maximum absolute atomic E-state index is 12.8. The standard InChI is InChI=1S/C21H23N5O2S/c1-21(2,3)18-14(10-26(4)25-18)19(28)24-20-23-16(11-29-20)13-5-7-15-12(9-13)6-8-17(27)22-15/h5,7,9-11H,6,8H2,1-4H3,(H,22,27)(H,23,24,28). The third kappa shape index (κ3) is 3.93. The van der Waals surface area contributed by atoms with Crippen molar-refractivity contribution in [2.45, 2.75) is 39.0 Å². The van der Waals surface area contributed by atoms with Crippen LogP contribution in [0.15, 0.2) is 29.8 Å². The van der Waals surface area contributed by atoms with Gasteiger partial charge in [0.05, 0.1) is 17.0 Å². The van der Waals surface area contributed by atoms with E-state index in [9.17, 15) is 9.59 Å². The molecule has 0 bridgehead atoms. The molecular formula is C21H23N5O2S. The molecule has 29 heavy (non-hydrogen) atoms. The van der Waals surface area contributed by atoms with E-state index in [-0.39, 0.29) is 17.2 Å². The van der Waals surface area contributed by atoms with Crippen LogP contribution in [0.3, 0.4) is 0 Å². The average Bonchev–Trinajstić information content (AvgIpc) is 3.27. The zero-order valence-corrected chi connectivity index (χ0v) is 17.7. The van der Waals surface area contributed by atoms with E-state index >= 15 is 0 Å². The molecule has 8 heteroatoms. The number of carbonyl (C=O) groups is 2. The van der Waals surface area contributed by atoms with E-state index in [1.54, 1.807) is 10.9 Å². The molecule has 2 aromatic heterocycles. The number of anilines is 2. The summed E-state index contributed by atoms with van der Waals surface area (Å²) < 4.78 is 1.66. The smallest absolute Gasteiger partial charge is 0.260 e. The zero-order chi connectivity index (χ0) is 20.8. The van der Waals surface area contributed by atoms with Gasteiger partial charge in [-0.3, -0.25) is 19.6 Å². The molecule has 1 aliphatic heterocycles.